The molecule has 16 heavy (non-hydrogen) atoms. The minimum absolute atomic E-state index is 0.0983. The van der Waals surface area contributed by atoms with E-state index in [1.807, 2.05) is 32.8 Å². The van der Waals surface area contributed by atoms with Gasteiger partial charge < -0.3 is 19.5 Å². The summed E-state index contributed by atoms with van der Waals surface area (Å²) in [4.78, 5) is 12.8. The van der Waals surface area contributed by atoms with Gasteiger partial charge in [-0.3, -0.25) is 4.79 Å². The largest absolute Gasteiger partial charge is 0.461 e. The Morgan fingerprint density at radius 2 is 1.81 bits per heavy atom. The second kappa shape index (κ2) is 6.83. The van der Waals surface area contributed by atoms with Crippen LogP contribution in [0.25, 0.3) is 0 Å². The van der Waals surface area contributed by atoms with E-state index in [2.05, 4.69) is 0 Å². The van der Waals surface area contributed by atoms with Gasteiger partial charge in [-0.25, -0.2) is 0 Å². The lowest BCUT2D eigenvalue weighted by Crippen LogP contribution is -2.48. The van der Waals surface area contributed by atoms with E-state index in [0.29, 0.717) is 0 Å². The van der Waals surface area contributed by atoms with Gasteiger partial charge in [-0.1, -0.05) is 6.92 Å². The number of aliphatic hydroxyl groups excluding tert-OH is 1. The summed E-state index contributed by atoms with van der Waals surface area (Å²) in [7, 11) is 5.21. The number of hydrogen-bond acceptors (Lipinski definition) is 5. The molecule has 96 valence electrons. The van der Waals surface area contributed by atoms with Crippen molar-refractivity contribution in [2.75, 3.05) is 21.2 Å². The zero-order valence-corrected chi connectivity index (χ0v) is 10.9. The molecule has 1 N–H and O–H groups in total. The molecule has 0 radical (unpaired) electrons. The van der Waals surface area contributed by atoms with E-state index in [-0.39, 0.29) is 24.0 Å². The minimum Gasteiger partial charge on any atom is -0.461 e. The number of nitrogens with zero attached hydrogens (tertiary/aromatic N) is 1. The first-order chi connectivity index (χ1) is 7.31. The molecule has 0 amide bonds. The Hall–Kier alpha value is -0.650. The maximum Gasteiger partial charge on any atom is 0.302 e. The van der Waals surface area contributed by atoms with Crippen LogP contribution in [0.2, 0.25) is 0 Å². The Morgan fingerprint density at radius 1 is 1.31 bits per heavy atom. The Morgan fingerprint density at radius 3 is 2.12 bits per heavy atom. The van der Waals surface area contributed by atoms with E-state index in [9.17, 15) is 9.90 Å². The summed E-state index contributed by atoms with van der Waals surface area (Å²) in [5.74, 6) is -0.479. The summed E-state index contributed by atoms with van der Waals surface area (Å²) in [5, 5.41) is 9.64. The number of esters is 1. The van der Waals surface area contributed by atoms with Crippen molar-refractivity contribution >= 4 is 5.97 Å². The summed E-state index contributed by atoms with van der Waals surface area (Å²) in [5.41, 5.74) is 0. The van der Waals surface area contributed by atoms with Gasteiger partial charge >= 0.3 is 5.97 Å². The van der Waals surface area contributed by atoms with Crippen LogP contribution in [-0.2, 0) is 14.3 Å². The SMILES string of the molecule is COC(O)C(C)C(C(C)OC(C)=O)N(C)C. The molecule has 5 nitrogen and oxygen atoms in total. The van der Waals surface area contributed by atoms with Crippen LogP contribution in [-0.4, -0.2) is 55.6 Å². The first-order valence-electron chi connectivity index (χ1n) is 5.35. The Bertz CT molecular complexity index is 220. The molecule has 0 fully saturated rings. The van der Waals surface area contributed by atoms with E-state index >= 15 is 0 Å². The molecule has 5 heteroatoms. The summed E-state index contributed by atoms with van der Waals surface area (Å²) >= 11 is 0. The fourth-order valence-electron chi connectivity index (χ4n) is 2.03. The lowest BCUT2D eigenvalue weighted by molar-refractivity contribution is -0.160. The zero-order valence-electron chi connectivity index (χ0n) is 10.9. The third kappa shape index (κ3) is 4.47. The highest BCUT2D eigenvalue weighted by atomic mass is 16.6. The van der Waals surface area contributed by atoms with Crippen molar-refractivity contribution in [3.8, 4) is 0 Å². The monoisotopic (exact) mass is 233 g/mol. The number of ether oxygens (including phenoxy) is 2. The molecule has 0 aliphatic carbocycles. The predicted molar refractivity (Wildman–Crippen MR) is 60.9 cm³/mol. The Balaban J connectivity index is 4.65. The second-order valence-corrected chi connectivity index (χ2v) is 4.25. The van der Waals surface area contributed by atoms with Gasteiger partial charge in [0.25, 0.3) is 0 Å². The van der Waals surface area contributed by atoms with Crippen molar-refractivity contribution in [2.24, 2.45) is 5.92 Å². The lowest BCUT2D eigenvalue weighted by atomic mass is 9.95. The molecule has 0 aromatic carbocycles. The van der Waals surface area contributed by atoms with E-state index in [1.54, 1.807) is 0 Å². The third-order valence-electron chi connectivity index (χ3n) is 2.66. The number of hydrogen-bond donors (Lipinski definition) is 1. The topological polar surface area (TPSA) is 59.0 Å². The smallest absolute Gasteiger partial charge is 0.302 e. The maximum absolute atomic E-state index is 10.9. The molecule has 0 aliphatic rings. The molecule has 0 bridgehead atoms. The highest BCUT2D eigenvalue weighted by Gasteiger charge is 2.32. The van der Waals surface area contributed by atoms with Crippen LogP contribution < -0.4 is 0 Å². The van der Waals surface area contributed by atoms with E-state index < -0.39 is 6.29 Å². The standard InChI is InChI=1S/C11H23NO4/c1-7(11(14)15-6)10(12(4)5)8(2)16-9(3)13/h7-8,10-11,14H,1-6H3. The molecular weight excluding hydrogens is 210 g/mol. The average molecular weight is 233 g/mol. The van der Waals surface area contributed by atoms with Crippen LogP contribution in [0, 0.1) is 5.92 Å². The van der Waals surface area contributed by atoms with Gasteiger partial charge in [0.05, 0.1) is 6.04 Å². The molecular formula is C11H23NO4. The van der Waals surface area contributed by atoms with Gasteiger partial charge in [-0.15, -0.1) is 0 Å². The van der Waals surface area contributed by atoms with E-state index in [0.717, 1.165) is 0 Å². The van der Waals surface area contributed by atoms with Gasteiger partial charge in [0, 0.05) is 20.0 Å². The van der Waals surface area contributed by atoms with Crippen molar-refractivity contribution in [2.45, 2.75) is 39.2 Å². The summed E-state index contributed by atoms with van der Waals surface area (Å²) < 4.78 is 10.0. The third-order valence-corrected chi connectivity index (χ3v) is 2.66. The zero-order chi connectivity index (χ0) is 12.9. The van der Waals surface area contributed by atoms with Gasteiger partial charge in [0.1, 0.15) is 6.10 Å². The van der Waals surface area contributed by atoms with Crippen LogP contribution in [0.5, 0.6) is 0 Å². The molecule has 0 heterocycles. The summed E-state index contributed by atoms with van der Waals surface area (Å²) in [6, 6.07) is -0.0983. The van der Waals surface area contributed by atoms with Crippen molar-refractivity contribution < 1.29 is 19.4 Å². The predicted octanol–water partition coefficient (Wildman–Crippen LogP) is 0.469. The van der Waals surface area contributed by atoms with Crippen LogP contribution in [0.1, 0.15) is 20.8 Å². The normalized spacial score (nSPS) is 19.0. The molecule has 4 unspecified atom stereocenters. The highest BCUT2D eigenvalue weighted by Crippen LogP contribution is 2.19. The van der Waals surface area contributed by atoms with Crippen LogP contribution >= 0.6 is 0 Å². The van der Waals surface area contributed by atoms with E-state index in [4.69, 9.17) is 9.47 Å². The quantitative estimate of drug-likeness (QED) is 0.534. The molecule has 0 saturated carbocycles. The number of likely N-dealkylation sites (N-methyl/N-ethyl adjacent to an activating group) is 1. The van der Waals surface area contributed by atoms with Crippen molar-refractivity contribution in [3.05, 3.63) is 0 Å². The number of methoxy groups -OCH3 is 1. The molecule has 0 rings (SSSR count). The van der Waals surface area contributed by atoms with Crippen molar-refractivity contribution in [1.82, 2.24) is 4.90 Å². The first-order valence-corrected chi connectivity index (χ1v) is 5.35. The average Bonchev–Trinajstić information content (AvgIpc) is 2.14. The highest BCUT2D eigenvalue weighted by molar-refractivity contribution is 5.66. The van der Waals surface area contributed by atoms with Crippen LogP contribution in [0.4, 0.5) is 0 Å². The number of carbonyl (C=O) groups excluding carboxylic acids is 1. The van der Waals surface area contributed by atoms with Gasteiger partial charge in [0.2, 0.25) is 0 Å². The Labute approximate surface area is 97.3 Å². The second-order valence-electron chi connectivity index (χ2n) is 4.25. The van der Waals surface area contributed by atoms with Gasteiger partial charge in [0.15, 0.2) is 6.29 Å². The number of rotatable bonds is 6. The van der Waals surface area contributed by atoms with Gasteiger partial charge in [-0.05, 0) is 21.0 Å². The summed E-state index contributed by atoms with van der Waals surface area (Å²) in [6.45, 7) is 5.05. The fraction of sp³-hybridized carbons (Fsp3) is 0.909. The van der Waals surface area contributed by atoms with E-state index in [1.165, 1.54) is 14.0 Å². The minimum atomic E-state index is -0.870. The molecule has 0 aromatic heterocycles. The molecule has 0 aromatic rings. The maximum atomic E-state index is 10.9. The number of carbonyl (C=O) groups is 1. The van der Waals surface area contributed by atoms with Crippen LogP contribution in [0.3, 0.4) is 0 Å². The van der Waals surface area contributed by atoms with Crippen molar-refractivity contribution in [1.29, 1.82) is 0 Å². The van der Waals surface area contributed by atoms with Gasteiger partial charge in [-0.2, -0.15) is 0 Å². The molecule has 0 aliphatic heterocycles. The number of aliphatic hydroxyl groups is 1. The van der Waals surface area contributed by atoms with Crippen LogP contribution in [0.15, 0.2) is 0 Å². The van der Waals surface area contributed by atoms with Crippen molar-refractivity contribution in [3.63, 3.8) is 0 Å². The molecule has 0 saturated heterocycles. The summed E-state index contributed by atoms with van der Waals surface area (Å²) in [6.07, 6.45) is -1.17. The molecule has 4 atom stereocenters. The Kier molecular flexibility index (Phi) is 6.55. The lowest BCUT2D eigenvalue weighted by Gasteiger charge is -2.35. The fourth-order valence-corrected chi connectivity index (χ4v) is 2.03. The molecule has 0 spiro atoms. The first kappa shape index (κ1) is 15.3.